The molecular weight excluding hydrogens is 342 g/mol. The molecule has 3 aromatic rings. The number of piperazine rings is 1. The Balaban J connectivity index is 1.40. The Bertz CT molecular complexity index is 969. The van der Waals surface area contributed by atoms with Crippen LogP contribution in [0.3, 0.4) is 0 Å². The van der Waals surface area contributed by atoms with E-state index in [1.54, 1.807) is 4.52 Å². The van der Waals surface area contributed by atoms with Gasteiger partial charge in [-0.25, -0.2) is 4.79 Å². The highest BCUT2D eigenvalue weighted by molar-refractivity contribution is 5.89. The third-order valence-corrected chi connectivity index (χ3v) is 4.77. The number of nitrogens with zero attached hydrogens (tertiary/aromatic N) is 6. The van der Waals surface area contributed by atoms with Crippen LogP contribution in [-0.2, 0) is 0 Å². The molecule has 0 unspecified atom stereocenters. The summed E-state index contributed by atoms with van der Waals surface area (Å²) in [6, 6.07) is 9.88. The molecule has 1 aromatic carbocycles. The molecule has 2 aromatic heterocycles. The van der Waals surface area contributed by atoms with Gasteiger partial charge in [0.1, 0.15) is 5.82 Å². The summed E-state index contributed by atoms with van der Waals surface area (Å²) >= 11 is 0. The molecule has 1 saturated heterocycles. The van der Waals surface area contributed by atoms with E-state index in [1.807, 2.05) is 49.9 Å². The monoisotopic (exact) mass is 365 g/mol. The van der Waals surface area contributed by atoms with Crippen LogP contribution in [0.25, 0.3) is 5.65 Å². The second-order valence-corrected chi connectivity index (χ2v) is 6.99. The lowest BCUT2D eigenvalue weighted by Gasteiger charge is -2.35. The number of hydrogen-bond acceptors (Lipinski definition) is 5. The molecule has 0 aliphatic carbocycles. The molecule has 4 rings (SSSR count). The summed E-state index contributed by atoms with van der Waals surface area (Å²) in [5.74, 6) is 1.64. The number of benzene rings is 1. The molecule has 0 spiro atoms. The van der Waals surface area contributed by atoms with Crippen LogP contribution < -0.4 is 10.2 Å². The molecule has 1 aliphatic heterocycles. The Kier molecular flexibility index (Phi) is 4.39. The largest absolute Gasteiger partial charge is 0.352 e. The lowest BCUT2D eigenvalue weighted by molar-refractivity contribution is 0.208. The van der Waals surface area contributed by atoms with Gasteiger partial charge in [0.05, 0.1) is 0 Å². The minimum absolute atomic E-state index is 0.0577. The van der Waals surface area contributed by atoms with Crippen molar-refractivity contribution in [3.05, 3.63) is 47.3 Å². The van der Waals surface area contributed by atoms with Crippen LogP contribution in [0.4, 0.5) is 16.3 Å². The maximum absolute atomic E-state index is 12.6. The fourth-order valence-corrected chi connectivity index (χ4v) is 3.44. The van der Waals surface area contributed by atoms with Gasteiger partial charge in [-0.15, -0.1) is 15.3 Å². The molecule has 0 saturated carbocycles. The van der Waals surface area contributed by atoms with Gasteiger partial charge >= 0.3 is 6.03 Å². The lowest BCUT2D eigenvalue weighted by Crippen LogP contribution is -2.50. The van der Waals surface area contributed by atoms with Gasteiger partial charge in [0.25, 0.3) is 0 Å². The fraction of sp³-hybridized carbons (Fsp3) is 0.368. The predicted molar refractivity (Wildman–Crippen MR) is 104 cm³/mol. The van der Waals surface area contributed by atoms with E-state index in [0.29, 0.717) is 13.1 Å². The van der Waals surface area contributed by atoms with Crippen molar-refractivity contribution in [3.8, 4) is 0 Å². The van der Waals surface area contributed by atoms with Crippen molar-refractivity contribution in [2.24, 2.45) is 0 Å². The standard InChI is InChI=1S/C19H23N7O/c1-13-10-14(2)12-16(11-13)20-19(27)25-8-6-24(7-9-25)18-5-4-17-22-21-15(3)26(17)23-18/h4-5,10-12H,6-9H2,1-3H3,(H,20,27). The summed E-state index contributed by atoms with van der Waals surface area (Å²) < 4.78 is 1.74. The van der Waals surface area contributed by atoms with Crippen molar-refractivity contribution in [2.45, 2.75) is 20.8 Å². The van der Waals surface area contributed by atoms with Crippen molar-refractivity contribution >= 4 is 23.2 Å². The summed E-state index contributed by atoms with van der Waals surface area (Å²) in [7, 11) is 0. The van der Waals surface area contributed by atoms with Crippen molar-refractivity contribution in [2.75, 3.05) is 36.4 Å². The average Bonchev–Trinajstić information content (AvgIpc) is 3.01. The number of aromatic nitrogens is 4. The van der Waals surface area contributed by atoms with Gasteiger partial charge in [0.2, 0.25) is 0 Å². The van der Waals surface area contributed by atoms with Crippen LogP contribution >= 0.6 is 0 Å². The Hall–Kier alpha value is -3.16. The van der Waals surface area contributed by atoms with Crippen LogP contribution in [0.1, 0.15) is 17.0 Å². The Morgan fingerprint density at radius 2 is 1.67 bits per heavy atom. The SMILES string of the molecule is Cc1cc(C)cc(NC(=O)N2CCN(c3ccc4nnc(C)n4n3)CC2)c1. The first-order valence-electron chi connectivity index (χ1n) is 9.08. The van der Waals surface area contributed by atoms with E-state index in [-0.39, 0.29) is 6.03 Å². The van der Waals surface area contributed by atoms with Crippen molar-refractivity contribution in [3.63, 3.8) is 0 Å². The summed E-state index contributed by atoms with van der Waals surface area (Å²) in [5.41, 5.74) is 3.86. The van der Waals surface area contributed by atoms with Gasteiger partial charge in [-0.05, 0) is 56.2 Å². The Morgan fingerprint density at radius 3 is 2.37 bits per heavy atom. The van der Waals surface area contributed by atoms with Gasteiger partial charge in [0, 0.05) is 31.9 Å². The number of hydrogen-bond donors (Lipinski definition) is 1. The minimum atomic E-state index is -0.0577. The zero-order chi connectivity index (χ0) is 19.0. The number of nitrogens with one attached hydrogen (secondary N) is 1. The van der Waals surface area contributed by atoms with Crippen molar-refractivity contribution in [1.82, 2.24) is 24.7 Å². The maximum Gasteiger partial charge on any atom is 0.321 e. The fourth-order valence-electron chi connectivity index (χ4n) is 3.44. The lowest BCUT2D eigenvalue weighted by atomic mass is 10.1. The summed E-state index contributed by atoms with van der Waals surface area (Å²) in [6.07, 6.45) is 0. The number of aryl methyl sites for hydroxylation is 3. The third-order valence-electron chi connectivity index (χ3n) is 4.77. The molecule has 8 heteroatoms. The van der Waals surface area contributed by atoms with Gasteiger partial charge in [0.15, 0.2) is 11.5 Å². The number of carbonyl (C=O) groups is 1. The number of amides is 2. The molecule has 1 aliphatic rings. The van der Waals surface area contributed by atoms with Gasteiger partial charge in [-0.1, -0.05) is 6.07 Å². The second-order valence-electron chi connectivity index (χ2n) is 6.99. The topological polar surface area (TPSA) is 78.7 Å². The molecule has 3 heterocycles. The summed E-state index contributed by atoms with van der Waals surface area (Å²) in [5, 5.41) is 15.7. The molecule has 27 heavy (non-hydrogen) atoms. The third kappa shape index (κ3) is 3.55. The van der Waals surface area contributed by atoms with E-state index in [0.717, 1.165) is 47.2 Å². The molecule has 8 nitrogen and oxygen atoms in total. The molecule has 1 N–H and O–H groups in total. The van der Waals surface area contributed by atoms with E-state index in [9.17, 15) is 4.79 Å². The molecule has 0 radical (unpaired) electrons. The maximum atomic E-state index is 12.6. The van der Waals surface area contributed by atoms with Crippen LogP contribution in [-0.4, -0.2) is 56.9 Å². The summed E-state index contributed by atoms with van der Waals surface area (Å²) in [4.78, 5) is 16.6. The minimum Gasteiger partial charge on any atom is -0.352 e. The van der Waals surface area contributed by atoms with E-state index in [1.165, 1.54) is 0 Å². The number of rotatable bonds is 2. The number of anilines is 2. The normalized spacial score (nSPS) is 14.6. The first kappa shape index (κ1) is 17.3. The highest BCUT2D eigenvalue weighted by Gasteiger charge is 2.22. The number of urea groups is 1. The number of carbonyl (C=O) groups excluding carboxylic acids is 1. The zero-order valence-corrected chi connectivity index (χ0v) is 15.8. The second kappa shape index (κ2) is 6.86. The van der Waals surface area contributed by atoms with Crippen molar-refractivity contribution in [1.29, 1.82) is 0 Å². The Labute approximate surface area is 157 Å². The first-order chi connectivity index (χ1) is 13.0. The molecule has 0 atom stereocenters. The first-order valence-corrected chi connectivity index (χ1v) is 9.08. The van der Waals surface area contributed by atoms with Gasteiger partial charge in [-0.3, -0.25) is 0 Å². The predicted octanol–water partition coefficient (Wildman–Crippen LogP) is 2.40. The zero-order valence-electron chi connectivity index (χ0n) is 15.8. The smallest absolute Gasteiger partial charge is 0.321 e. The summed E-state index contributed by atoms with van der Waals surface area (Å²) in [6.45, 7) is 8.71. The van der Waals surface area contributed by atoms with Crippen LogP contribution in [0.5, 0.6) is 0 Å². The van der Waals surface area contributed by atoms with E-state index in [4.69, 9.17) is 0 Å². The molecular formula is C19H23N7O. The highest BCUT2D eigenvalue weighted by atomic mass is 16.2. The van der Waals surface area contributed by atoms with Crippen LogP contribution in [0.15, 0.2) is 30.3 Å². The van der Waals surface area contributed by atoms with Crippen LogP contribution in [0.2, 0.25) is 0 Å². The quantitative estimate of drug-likeness (QED) is 0.754. The Morgan fingerprint density at radius 1 is 0.963 bits per heavy atom. The van der Waals surface area contributed by atoms with E-state index in [2.05, 4.69) is 31.6 Å². The molecule has 1 fully saturated rings. The van der Waals surface area contributed by atoms with E-state index < -0.39 is 0 Å². The van der Waals surface area contributed by atoms with Crippen molar-refractivity contribution < 1.29 is 4.79 Å². The van der Waals surface area contributed by atoms with Crippen LogP contribution in [0, 0.1) is 20.8 Å². The molecule has 140 valence electrons. The van der Waals surface area contributed by atoms with Gasteiger partial charge in [-0.2, -0.15) is 4.52 Å². The highest BCUT2D eigenvalue weighted by Crippen LogP contribution is 2.17. The average molecular weight is 365 g/mol. The van der Waals surface area contributed by atoms with Gasteiger partial charge < -0.3 is 15.1 Å². The molecule has 0 bridgehead atoms. The van der Waals surface area contributed by atoms with E-state index >= 15 is 0 Å². The molecule has 2 amide bonds. The number of fused-ring (bicyclic) bond motifs is 1.